The Morgan fingerprint density at radius 3 is 2.29 bits per heavy atom. The van der Waals surface area contributed by atoms with Gasteiger partial charge in [-0.1, -0.05) is 77.8 Å². The number of nitrogens with zero attached hydrogens (tertiary/aromatic N) is 2. The minimum Gasteiger partial charge on any atom is -0.619 e. The van der Waals surface area contributed by atoms with Crippen LogP contribution in [0.5, 0.6) is 11.5 Å². The van der Waals surface area contributed by atoms with Gasteiger partial charge in [-0.3, -0.25) is 10.2 Å². The standard InChI is InChI=1S/C41H40Cl2FN3O7S/c1-52-36-13-12-26(18-37(36)53-2)30(20-32-33(42)23-47(51)24-34(32)43)31-19-28(55-39(31)40(48)49)21-45-38(29-10-6-7-11-35(29)44)41(50)54-27-14-16-46(17-15-27)22-25-8-4-3-5-9-25/h3-13,18-19,23-24,27,30,38,45H,14-17,20-22H2,1-2H3,(H,48,49)/t30-,38?/m0/s1. The quantitative estimate of drug-likeness (QED) is 0.0616. The fourth-order valence-electron chi connectivity index (χ4n) is 6.87. The van der Waals surface area contributed by atoms with Crippen molar-refractivity contribution in [2.75, 3.05) is 27.3 Å². The van der Waals surface area contributed by atoms with Gasteiger partial charge in [-0.2, -0.15) is 4.73 Å². The van der Waals surface area contributed by atoms with Crippen LogP contribution < -0.4 is 19.5 Å². The average Bonchev–Trinajstić information content (AvgIpc) is 3.60. The number of halogens is 3. The molecule has 0 spiro atoms. The maximum atomic E-state index is 15.3. The Labute approximate surface area is 332 Å². The molecule has 5 aromatic rings. The largest absolute Gasteiger partial charge is 0.619 e. The maximum absolute atomic E-state index is 15.3. The second kappa shape index (κ2) is 18.3. The Bertz CT molecular complexity index is 2110. The van der Waals surface area contributed by atoms with E-state index >= 15 is 4.39 Å². The van der Waals surface area contributed by atoms with E-state index < -0.39 is 29.7 Å². The van der Waals surface area contributed by atoms with Crippen molar-refractivity contribution in [1.82, 2.24) is 10.2 Å². The highest BCUT2D eigenvalue weighted by Crippen LogP contribution is 2.41. The summed E-state index contributed by atoms with van der Waals surface area (Å²) in [5.74, 6) is -2.08. The van der Waals surface area contributed by atoms with Crippen LogP contribution in [-0.4, -0.2) is 55.4 Å². The van der Waals surface area contributed by atoms with Crippen LogP contribution in [0.1, 0.15) is 67.2 Å². The molecule has 1 fully saturated rings. The lowest BCUT2D eigenvalue weighted by Gasteiger charge is -2.32. The van der Waals surface area contributed by atoms with Crippen molar-refractivity contribution in [3.8, 4) is 11.5 Å². The number of likely N-dealkylation sites (tertiary alicyclic amines) is 1. The van der Waals surface area contributed by atoms with Gasteiger partial charge in [0.05, 0.1) is 14.2 Å². The van der Waals surface area contributed by atoms with Crippen molar-refractivity contribution < 1.29 is 38.0 Å². The van der Waals surface area contributed by atoms with Crippen LogP contribution in [0.25, 0.3) is 0 Å². The number of carboxylic acids is 1. The van der Waals surface area contributed by atoms with Crippen LogP contribution in [0, 0.1) is 11.0 Å². The normalized spacial score (nSPS) is 14.6. The summed E-state index contributed by atoms with van der Waals surface area (Å²) in [6.07, 6.45) is 3.45. The van der Waals surface area contributed by atoms with Crippen LogP contribution in [0.3, 0.4) is 0 Å². The first-order chi connectivity index (χ1) is 26.5. The van der Waals surface area contributed by atoms with Crippen molar-refractivity contribution >= 4 is 46.5 Å². The number of aromatic nitrogens is 1. The Balaban J connectivity index is 1.26. The molecule has 10 nitrogen and oxygen atoms in total. The number of aromatic carboxylic acids is 1. The molecule has 288 valence electrons. The van der Waals surface area contributed by atoms with E-state index in [9.17, 15) is 19.9 Å². The van der Waals surface area contributed by atoms with Gasteiger partial charge in [0.25, 0.3) is 0 Å². The summed E-state index contributed by atoms with van der Waals surface area (Å²) in [6.45, 7) is 2.33. The molecule has 2 atom stereocenters. The summed E-state index contributed by atoms with van der Waals surface area (Å²) in [5.41, 5.74) is 2.90. The van der Waals surface area contributed by atoms with Gasteiger partial charge in [0.15, 0.2) is 23.9 Å². The first-order valence-electron chi connectivity index (χ1n) is 17.6. The number of esters is 1. The first kappa shape index (κ1) is 40.0. The fourth-order valence-corrected chi connectivity index (χ4v) is 8.48. The van der Waals surface area contributed by atoms with E-state index in [1.165, 1.54) is 44.3 Å². The summed E-state index contributed by atoms with van der Waals surface area (Å²) >= 11 is 14.1. The van der Waals surface area contributed by atoms with E-state index in [0.717, 1.165) is 31.0 Å². The lowest BCUT2D eigenvalue weighted by molar-refractivity contribution is -0.605. The van der Waals surface area contributed by atoms with Gasteiger partial charge in [-0.05, 0) is 60.2 Å². The third kappa shape index (κ3) is 9.75. The smallest absolute Gasteiger partial charge is 0.346 e. The van der Waals surface area contributed by atoms with Crippen LogP contribution in [0.15, 0.2) is 91.3 Å². The van der Waals surface area contributed by atoms with Gasteiger partial charge < -0.3 is 24.5 Å². The highest BCUT2D eigenvalue weighted by atomic mass is 35.5. The molecule has 14 heteroatoms. The predicted octanol–water partition coefficient (Wildman–Crippen LogP) is 7.96. The molecule has 0 aliphatic carbocycles. The molecule has 1 aliphatic rings. The highest BCUT2D eigenvalue weighted by Gasteiger charge is 2.31. The molecule has 3 heterocycles. The molecule has 0 saturated carbocycles. The van der Waals surface area contributed by atoms with E-state index in [-0.39, 0.29) is 39.6 Å². The van der Waals surface area contributed by atoms with Gasteiger partial charge in [0.2, 0.25) is 0 Å². The number of piperidine rings is 1. The number of nitrogens with one attached hydrogen (secondary N) is 1. The Morgan fingerprint density at radius 1 is 0.964 bits per heavy atom. The number of benzene rings is 3. The first-order valence-corrected chi connectivity index (χ1v) is 19.2. The topological polar surface area (TPSA) is 124 Å². The van der Waals surface area contributed by atoms with E-state index in [1.807, 2.05) is 18.2 Å². The van der Waals surface area contributed by atoms with E-state index in [4.69, 9.17) is 37.4 Å². The number of carboxylic acid groups (broad SMARTS) is 1. The highest BCUT2D eigenvalue weighted by molar-refractivity contribution is 7.14. The molecule has 1 unspecified atom stereocenters. The number of hydrogen-bond donors (Lipinski definition) is 2. The molecular formula is C41H40Cl2FN3O7S. The summed E-state index contributed by atoms with van der Waals surface area (Å²) in [4.78, 5) is 29.5. The lowest BCUT2D eigenvalue weighted by Crippen LogP contribution is -2.39. The van der Waals surface area contributed by atoms with Crippen LogP contribution in [0.4, 0.5) is 4.39 Å². The monoisotopic (exact) mass is 807 g/mol. The predicted molar refractivity (Wildman–Crippen MR) is 209 cm³/mol. The molecule has 1 aliphatic heterocycles. The molecule has 6 rings (SSSR count). The number of rotatable bonds is 15. The minimum absolute atomic E-state index is 0.0241. The Morgan fingerprint density at radius 2 is 1.64 bits per heavy atom. The van der Waals surface area contributed by atoms with E-state index in [1.54, 1.807) is 36.4 Å². The number of pyridine rings is 1. The molecule has 0 bridgehead atoms. The number of methoxy groups -OCH3 is 2. The van der Waals surface area contributed by atoms with Gasteiger partial charge in [-0.25, -0.2) is 14.0 Å². The number of thiophene rings is 1. The van der Waals surface area contributed by atoms with Crippen molar-refractivity contribution in [3.05, 3.63) is 150 Å². The van der Waals surface area contributed by atoms with Gasteiger partial charge in [0.1, 0.15) is 32.9 Å². The summed E-state index contributed by atoms with van der Waals surface area (Å²) in [7, 11) is 3.01. The van der Waals surface area contributed by atoms with Crippen molar-refractivity contribution in [2.45, 2.75) is 50.4 Å². The maximum Gasteiger partial charge on any atom is 0.346 e. The molecule has 55 heavy (non-hydrogen) atoms. The van der Waals surface area contributed by atoms with Crippen molar-refractivity contribution in [1.29, 1.82) is 0 Å². The number of carbonyl (C=O) groups is 2. The zero-order valence-corrected chi connectivity index (χ0v) is 32.5. The average molecular weight is 809 g/mol. The number of hydrogen-bond acceptors (Lipinski definition) is 9. The molecule has 1 saturated heterocycles. The molecule has 0 radical (unpaired) electrons. The summed E-state index contributed by atoms with van der Waals surface area (Å²) < 4.78 is 32.7. The Kier molecular flexibility index (Phi) is 13.3. The zero-order valence-electron chi connectivity index (χ0n) is 30.2. The SMILES string of the molecule is COc1ccc([C@H](Cc2c(Cl)c[n+]([O-])cc2Cl)c2cc(CNC(C(=O)OC3CCN(Cc4ccccc4)CC3)c3ccccc3F)sc2C(=O)O)cc1OC. The third-order valence-corrected chi connectivity index (χ3v) is 11.4. The number of ether oxygens (including phenoxy) is 3. The van der Waals surface area contributed by atoms with Crippen LogP contribution in [0.2, 0.25) is 10.0 Å². The minimum atomic E-state index is -1.16. The Hall–Kier alpha value is -4.72. The molecule has 0 amide bonds. The fraction of sp³-hybridized carbons (Fsp3) is 0.293. The molecule has 3 aromatic carbocycles. The second-order valence-electron chi connectivity index (χ2n) is 13.2. The summed E-state index contributed by atoms with van der Waals surface area (Å²) in [5, 5.41) is 25.9. The van der Waals surface area contributed by atoms with Crippen molar-refractivity contribution in [3.63, 3.8) is 0 Å². The zero-order chi connectivity index (χ0) is 39.1. The van der Waals surface area contributed by atoms with E-state index in [0.29, 0.717) is 50.6 Å². The van der Waals surface area contributed by atoms with Crippen LogP contribution in [-0.2, 0) is 29.0 Å². The van der Waals surface area contributed by atoms with Gasteiger partial charge in [-0.15, -0.1) is 11.3 Å². The molecule has 2 aromatic heterocycles. The summed E-state index contributed by atoms with van der Waals surface area (Å²) in [6, 6.07) is 22.0. The lowest BCUT2D eigenvalue weighted by atomic mass is 9.85. The molecular weight excluding hydrogens is 768 g/mol. The van der Waals surface area contributed by atoms with Gasteiger partial charge in [0, 0.05) is 48.1 Å². The third-order valence-electron chi connectivity index (χ3n) is 9.66. The molecule has 2 N–H and O–H groups in total. The van der Waals surface area contributed by atoms with Gasteiger partial charge >= 0.3 is 11.9 Å². The number of carbonyl (C=O) groups excluding carboxylic acids is 1. The second-order valence-corrected chi connectivity index (χ2v) is 15.2. The van der Waals surface area contributed by atoms with Crippen LogP contribution >= 0.6 is 34.5 Å². The van der Waals surface area contributed by atoms with Crippen molar-refractivity contribution in [2.24, 2.45) is 0 Å². The van der Waals surface area contributed by atoms with E-state index in [2.05, 4.69) is 22.3 Å².